The second kappa shape index (κ2) is 7.95. The zero-order valence-electron chi connectivity index (χ0n) is 17.6. The van der Waals surface area contributed by atoms with Crippen LogP contribution in [0.4, 0.5) is 17.5 Å². The lowest BCUT2D eigenvalue weighted by molar-refractivity contribution is 0.0971. The minimum absolute atomic E-state index is 0.0135. The van der Waals surface area contributed by atoms with Crippen molar-refractivity contribution in [2.75, 3.05) is 34.8 Å². The molecule has 0 aliphatic carbocycles. The van der Waals surface area contributed by atoms with Gasteiger partial charge in [-0.15, -0.1) is 0 Å². The van der Waals surface area contributed by atoms with Gasteiger partial charge in [-0.2, -0.15) is 4.98 Å². The van der Waals surface area contributed by atoms with E-state index >= 15 is 0 Å². The van der Waals surface area contributed by atoms with E-state index in [2.05, 4.69) is 25.2 Å². The van der Waals surface area contributed by atoms with Crippen LogP contribution in [0.5, 0.6) is 0 Å². The number of primary amides is 1. The van der Waals surface area contributed by atoms with Crippen molar-refractivity contribution in [3.63, 3.8) is 0 Å². The van der Waals surface area contributed by atoms with E-state index in [0.717, 1.165) is 19.4 Å². The molecule has 1 saturated heterocycles. The third-order valence-corrected chi connectivity index (χ3v) is 5.77. The molecule has 2 aromatic heterocycles. The minimum atomic E-state index is -0.683. The van der Waals surface area contributed by atoms with Crippen LogP contribution in [0.25, 0.3) is 11.5 Å². The van der Waals surface area contributed by atoms with E-state index in [9.17, 15) is 9.59 Å². The second-order valence-electron chi connectivity index (χ2n) is 7.81. The van der Waals surface area contributed by atoms with Crippen molar-refractivity contribution >= 4 is 29.3 Å². The highest BCUT2D eigenvalue weighted by molar-refractivity contribution is 6.10. The third kappa shape index (κ3) is 3.43. The highest BCUT2D eigenvalue weighted by atomic mass is 16.4. The van der Waals surface area contributed by atoms with Gasteiger partial charge in [-0.25, -0.2) is 9.97 Å². The number of nitrogens with two attached hydrogens (primary N) is 1. The molecule has 1 unspecified atom stereocenters. The molecule has 32 heavy (non-hydrogen) atoms. The number of aromatic nitrogens is 3. The molecule has 0 bridgehead atoms. The average Bonchev–Trinajstić information content (AvgIpc) is 3.45. The summed E-state index contributed by atoms with van der Waals surface area (Å²) in [4.78, 5) is 42.0. The van der Waals surface area contributed by atoms with Gasteiger partial charge < -0.3 is 25.3 Å². The molecule has 10 nitrogen and oxygen atoms in total. The Bertz CT molecular complexity index is 1190. The molecule has 5 rings (SSSR count). The van der Waals surface area contributed by atoms with Crippen LogP contribution in [0, 0.1) is 0 Å². The number of hydrogen-bond donors (Lipinski definition) is 2. The predicted molar refractivity (Wildman–Crippen MR) is 119 cm³/mol. The molecule has 1 atom stereocenters. The number of carbonyl (C=O) groups is 2. The maximum absolute atomic E-state index is 13.6. The number of nitrogens with zero attached hydrogens (tertiary/aromatic N) is 5. The lowest BCUT2D eigenvalue weighted by Crippen LogP contribution is -2.39. The molecule has 0 radical (unpaired) electrons. The number of rotatable bonds is 5. The van der Waals surface area contributed by atoms with Gasteiger partial charge in [-0.1, -0.05) is 6.07 Å². The molecule has 3 N–H and O–H groups in total. The fourth-order valence-electron chi connectivity index (χ4n) is 4.28. The van der Waals surface area contributed by atoms with E-state index in [1.54, 1.807) is 11.1 Å². The van der Waals surface area contributed by atoms with Crippen molar-refractivity contribution in [3.05, 3.63) is 48.0 Å². The molecule has 0 saturated carbocycles. The summed E-state index contributed by atoms with van der Waals surface area (Å²) in [6, 6.07) is 7.50. The van der Waals surface area contributed by atoms with E-state index < -0.39 is 5.91 Å². The number of hydrogen-bond acceptors (Lipinski definition) is 8. The van der Waals surface area contributed by atoms with Gasteiger partial charge in [-0.3, -0.25) is 9.59 Å². The Balaban J connectivity index is 1.54. The Kier molecular flexibility index (Phi) is 4.96. The smallest absolute Gasteiger partial charge is 0.286 e. The van der Waals surface area contributed by atoms with Crippen molar-refractivity contribution in [2.24, 2.45) is 5.73 Å². The van der Waals surface area contributed by atoms with Gasteiger partial charge in [0.15, 0.2) is 0 Å². The number of anilines is 3. The molecule has 1 fully saturated rings. The number of amides is 2. The van der Waals surface area contributed by atoms with Gasteiger partial charge >= 0.3 is 0 Å². The summed E-state index contributed by atoms with van der Waals surface area (Å²) in [6.45, 7) is 4.07. The highest BCUT2D eigenvalue weighted by Gasteiger charge is 2.37. The fourth-order valence-corrected chi connectivity index (χ4v) is 4.28. The molecule has 2 amide bonds. The van der Waals surface area contributed by atoms with E-state index in [1.807, 2.05) is 31.2 Å². The van der Waals surface area contributed by atoms with Crippen molar-refractivity contribution in [1.82, 2.24) is 15.0 Å². The number of nitrogens with one attached hydrogen (secondary N) is 1. The minimum Gasteiger partial charge on any atom is -0.431 e. The van der Waals surface area contributed by atoms with E-state index in [-0.39, 0.29) is 23.6 Å². The number of fused-ring (bicyclic) bond motifs is 3. The van der Waals surface area contributed by atoms with Gasteiger partial charge in [0.25, 0.3) is 11.8 Å². The van der Waals surface area contributed by atoms with E-state index in [4.69, 9.17) is 10.2 Å². The first kappa shape index (κ1) is 20.0. The summed E-state index contributed by atoms with van der Waals surface area (Å²) in [7, 11) is 0. The maximum atomic E-state index is 13.6. The summed E-state index contributed by atoms with van der Waals surface area (Å²) in [5.74, 6) is 0.623. The average molecular weight is 433 g/mol. The van der Waals surface area contributed by atoms with Crippen LogP contribution in [-0.4, -0.2) is 52.4 Å². The van der Waals surface area contributed by atoms with Crippen molar-refractivity contribution in [3.8, 4) is 11.5 Å². The number of oxazole rings is 1. The Morgan fingerprint density at radius 1 is 1.31 bits per heavy atom. The van der Waals surface area contributed by atoms with Gasteiger partial charge in [0, 0.05) is 43.1 Å². The maximum Gasteiger partial charge on any atom is 0.286 e. The number of benzene rings is 1. The van der Waals surface area contributed by atoms with Crippen molar-refractivity contribution in [1.29, 1.82) is 0 Å². The summed E-state index contributed by atoms with van der Waals surface area (Å²) in [5.41, 5.74) is 7.10. The topological polar surface area (TPSA) is 130 Å². The highest BCUT2D eigenvalue weighted by Crippen LogP contribution is 2.35. The lowest BCUT2D eigenvalue weighted by Gasteiger charge is -2.27. The van der Waals surface area contributed by atoms with Crippen molar-refractivity contribution in [2.45, 2.75) is 25.8 Å². The molecular weight excluding hydrogens is 410 g/mol. The second-order valence-corrected chi connectivity index (χ2v) is 7.81. The Morgan fingerprint density at radius 2 is 2.19 bits per heavy atom. The fraction of sp³-hybridized carbons (Fsp3) is 0.318. The summed E-state index contributed by atoms with van der Waals surface area (Å²) in [5, 5.41) is 3.13. The Hall–Kier alpha value is -3.95. The zero-order valence-corrected chi connectivity index (χ0v) is 17.6. The molecule has 2 aliphatic heterocycles. The molecule has 0 spiro atoms. The first-order valence-electron chi connectivity index (χ1n) is 10.6. The number of carbonyl (C=O) groups excluding carboxylic acids is 2. The van der Waals surface area contributed by atoms with Crippen LogP contribution < -0.4 is 20.9 Å². The normalized spacial score (nSPS) is 17.7. The summed E-state index contributed by atoms with van der Waals surface area (Å²) < 4.78 is 5.46. The van der Waals surface area contributed by atoms with Gasteiger partial charge in [0.1, 0.15) is 11.4 Å². The quantitative estimate of drug-likeness (QED) is 0.627. The molecule has 4 heterocycles. The SMILES string of the molecule is CCNc1ncc2c(n1)N1CCCC1CN(c1cccc(-c3ncc(C(N)=O)o3)c1)C2=O. The first-order valence-corrected chi connectivity index (χ1v) is 10.6. The lowest BCUT2D eigenvalue weighted by atomic mass is 10.1. The Labute approximate surface area is 184 Å². The molecule has 3 aromatic rings. The van der Waals surface area contributed by atoms with Crippen LogP contribution in [0.15, 0.2) is 41.1 Å². The molecule has 10 heteroatoms. The van der Waals surface area contributed by atoms with Gasteiger partial charge in [0.05, 0.1) is 6.20 Å². The first-order chi connectivity index (χ1) is 15.5. The van der Waals surface area contributed by atoms with Crippen LogP contribution >= 0.6 is 0 Å². The molecule has 1 aromatic carbocycles. The van der Waals surface area contributed by atoms with Crippen LogP contribution in [-0.2, 0) is 0 Å². The van der Waals surface area contributed by atoms with Crippen LogP contribution in [0.2, 0.25) is 0 Å². The molecular formula is C22H23N7O3. The van der Waals surface area contributed by atoms with Gasteiger partial charge in [0.2, 0.25) is 17.6 Å². The summed E-state index contributed by atoms with van der Waals surface area (Å²) >= 11 is 0. The predicted octanol–water partition coefficient (Wildman–Crippen LogP) is 2.29. The standard InChI is InChI=1S/C22H23N7O3/c1-2-24-22-26-10-16-19(27-22)28-8-4-7-15(28)12-29(21(16)31)14-6-3-5-13(9-14)20-25-11-17(32-20)18(23)30/h3,5-6,9-11,15H,2,4,7-8,12H2,1H3,(H2,23,30)(H,24,26,27). The van der Waals surface area contributed by atoms with E-state index in [0.29, 0.717) is 41.7 Å². The zero-order chi connectivity index (χ0) is 22.2. The summed E-state index contributed by atoms with van der Waals surface area (Å²) in [6.07, 6.45) is 4.92. The van der Waals surface area contributed by atoms with E-state index in [1.165, 1.54) is 6.20 Å². The van der Waals surface area contributed by atoms with Gasteiger partial charge in [-0.05, 0) is 38.0 Å². The van der Waals surface area contributed by atoms with Crippen molar-refractivity contribution < 1.29 is 14.0 Å². The molecule has 2 aliphatic rings. The molecule has 164 valence electrons. The third-order valence-electron chi connectivity index (χ3n) is 5.77. The monoisotopic (exact) mass is 433 g/mol. The van der Waals surface area contributed by atoms with Crippen LogP contribution in [0.3, 0.4) is 0 Å². The van der Waals surface area contributed by atoms with Crippen LogP contribution in [0.1, 0.15) is 40.7 Å². The largest absolute Gasteiger partial charge is 0.431 e. The Morgan fingerprint density at radius 3 is 2.97 bits per heavy atom.